The minimum absolute atomic E-state index is 0.0986. The van der Waals surface area contributed by atoms with Crippen LogP contribution in [0.5, 0.6) is 0 Å². The molecule has 0 amide bonds. The Hall–Kier alpha value is -3.10. The quantitative estimate of drug-likeness (QED) is 0.471. The van der Waals surface area contributed by atoms with E-state index in [1.807, 2.05) is 0 Å². The molecular weight excluding hydrogens is 412 g/mol. The predicted molar refractivity (Wildman–Crippen MR) is 146 cm³/mol. The van der Waals surface area contributed by atoms with Gasteiger partial charge in [0.2, 0.25) is 0 Å². The fourth-order valence-corrected chi connectivity index (χ4v) is 5.95. The summed E-state index contributed by atoms with van der Waals surface area (Å²) >= 11 is 0. The fraction of sp³-hybridized carbons (Fsp3) is 0.312. The topological polar surface area (TPSA) is 38.0 Å². The van der Waals surface area contributed by atoms with E-state index in [-0.39, 0.29) is 12.0 Å². The van der Waals surface area contributed by atoms with E-state index in [0.717, 1.165) is 17.8 Å². The number of rotatable bonds is 6. The Balaban J connectivity index is 1.64. The Morgan fingerprint density at radius 1 is 0.971 bits per heavy atom. The Labute approximate surface area is 204 Å². The van der Waals surface area contributed by atoms with E-state index in [9.17, 15) is 0 Å². The summed E-state index contributed by atoms with van der Waals surface area (Å²) < 4.78 is 0. The lowest BCUT2D eigenvalue weighted by molar-refractivity contribution is 0.391. The number of anilines is 2. The smallest absolute Gasteiger partial charge is 0.0464 e. The van der Waals surface area contributed by atoms with E-state index < -0.39 is 0 Å². The standard InChI is InChI=1S/C32H36N2/c1-4-22(5-2)23-16-19-26-29(20-23)32(33)27-11-7-6-10-25(27)31(26)28-12-8-9-13-30(28)34-24-17-14-21(3)15-18-24/h6-19,22,27,29,32,34H,4-5,20,33H2,1-3H3. The molecule has 0 saturated carbocycles. The Morgan fingerprint density at radius 2 is 1.74 bits per heavy atom. The minimum atomic E-state index is 0.0986. The van der Waals surface area contributed by atoms with Crippen LogP contribution < -0.4 is 11.1 Å². The average Bonchev–Trinajstić information content (AvgIpc) is 2.87. The van der Waals surface area contributed by atoms with Crippen LogP contribution in [0.2, 0.25) is 0 Å². The number of nitrogens with two attached hydrogens (primary N) is 1. The van der Waals surface area contributed by atoms with E-state index >= 15 is 0 Å². The number of para-hydroxylation sites is 1. The van der Waals surface area contributed by atoms with Gasteiger partial charge in [0.25, 0.3) is 0 Å². The van der Waals surface area contributed by atoms with Crippen molar-refractivity contribution in [2.24, 2.45) is 23.5 Å². The van der Waals surface area contributed by atoms with Crippen LogP contribution in [0.4, 0.5) is 11.4 Å². The Morgan fingerprint density at radius 3 is 2.50 bits per heavy atom. The second kappa shape index (κ2) is 9.64. The minimum Gasteiger partial charge on any atom is -0.355 e. The summed E-state index contributed by atoms with van der Waals surface area (Å²) in [6.07, 6.45) is 17.1. The van der Waals surface area contributed by atoms with E-state index in [2.05, 4.69) is 111 Å². The highest BCUT2D eigenvalue weighted by molar-refractivity contribution is 5.92. The largest absolute Gasteiger partial charge is 0.355 e. The van der Waals surface area contributed by atoms with Crippen LogP contribution in [0.1, 0.15) is 44.2 Å². The van der Waals surface area contributed by atoms with Gasteiger partial charge in [-0.2, -0.15) is 0 Å². The molecule has 0 fully saturated rings. The van der Waals surface area contributed by atoms with Gasteiger partial charge >= 0.3 is 0 Å². The van der Waals surface area contributed by atoms with Gasteiger partial charge in [-0.3, -0.25) is 0 Å². The molecule has 3 unspecified atom stereocenters. The lowest BCUT2D eigenvalue weighted by Crippen LogP contribution is -2.43. The van der Waals surface area contributed by atoms with Gasteiger partial charge in [0.15, 0.2) is 0 Å². The van der Waals surface area contributed by atoms with Crippen LogP contribution in [0.25, 0.3) is 5.57 Å². The zero-order valence-electron chi connectivity index (χ0n) is 20.6. The molecule has 0 heterocycles. The van der Waals surface area contributed by atoms with E-state index in [4.69, 9.17) is 5.73 Å². The van der Waals surface area contributed by atoms with Crippen LogP contribution in [0, 0.1) is 24.7 Å². The molecule has 0 saturated heterocycles. The van der Waals surface area contributed by atoms with Crippen LogP contribution in [-0.2, 0) is 0 Å². The molecule has 2 heteroatoms. The first-order valence-electron chi connectivity index (χ1n) is 12.8. The highest BCUT2D eigenvalue weighted by Crippen LogP contribution is 2.50. The van der Waals surface area contributed by atoms with Crippen molar-refractivity contribution in [2.75, 3.05) is 5.32 Å². The third-order valence-corrected chi connectivity index (χ3v) is 7.89. The summed E-state index contributed by atoms with van der Waals surface area (Å²) in [4.78, 5) is 0. The van der Waals surface area contributed by atoms with Crippen molar-refractivity contribution in [1.82, 2.24) is 0 Å². The Kier molecular flexibility index (Phi) is 6.43. The third kappa shape index (κ3) is 4.12. The summed E-state index contributed by atoms with van der Waals surface area (Å²) in [6.45, 7) is 6.73. The van der Waals surface area contributed by atoms with Crippen molar-refractivity contribution in [1.29, 1.82) is 0 Å². The number of aryl methyl sites for hydroxylation is 1. The van der Waals surface area contributed by atoms with Crippen LogP contribution in [0.15, 0.2) is 102 Å². The van der Waals surface area contributed by atoms with Crippen LogP contribution >= 0.6 is 0 Å². The summed E-state index contributed by atoms with van der Waals surface area (Å²) in [5, 5.41) is 3.69. The molecule has 0 aromatic heterocycles. The van der Waals surface area contributed by atoms with Crippen molar-refractivity contribution in [3.63, 3.8) is 0 Å². The molecule has 3 aliphatic carbocycles. The zero-order valence-corrected chi connectivity index (χ0v) is 20.6. The van der Waals surface area contributed by atoms with Gasteiger partial charge in [0.05, 0.1) is 0 Å². The van der Waals surface area contributed by atoms with Crippen molar-refractivity contribution >= 4 is 16.9 Å². The number of allylic oxidation sites excluding steroid dienone is 7. The lowest BCUT2D eigenvalue weighted by Gasteiger charge is -2.43. The monoisotopic (exact) mass is 448 g/mol. The van der Waals surface area contributed by atoms with Gasteiger partial charge in [-0.25, -0.2) is 0 Å². The van der Waals surface area contributed by atoms with Crippen molar-refractivity contribution in [2.45, 2.75) is 46.1 Å². The van der Waals surface area contributed by atoms with Crippen molar-refractivity contribution in [3.8, 4) is 0 Å². The average molecular weight is 449 g/mol. The summed E-state index contributed by atoms with van der Waals surface area (Å²) in [6, 6.07) is 17.4. The van der Waals surface area contributed by atoms with Gasteiger partial charge in [-0.15, -0.1) is 0 Å². The first-order valence-corrected chi connectivity index (χ1v) is 12.8. The molecule has 2 aromatic rings. The molecule has 3 N–H and O–H groups in total. The van der Waals surface area contributed by atoms with Crippen LogP contribution in [0.3, 0.4) is 0 Å². The SMILES string of the molecule is CCC(CC)C1=CC=C2C(c3ccccc3Nc3ccc(C)cc3)=C3C=CC=CC3C(N)C2C1. The van der Waals surface area contributed by atoms with Gasteiger partial charge in [-0.05, 0) is 67.0 Å². The maximum absolute atomic E-state index is 7.00. The number of benzene rings is 2. The molecule has 0 bridgehead atoms. The molecule has 34 heavy (non-hydrogen) atoms. The fourth-order valence-electron chi connectivity index (χ4n) is 5.95. The van der Waals surface area contributed by atoms with E-state index in [0.29, 0.717) is 11.8 Å². The Bertz CT molecular complexity index is 1200. The van der Waals surface area contributed by atoms with Gasteiger partial charge in [0, 0.05) is 34.8 Å². The van der Waals surface area contributed by atoms with Crippen molar-refractivity contribution < 1.29 is 0 Å². The second-order valence-corrected chi connectivity index (χ2v) is 9.90. The zero-order chi connectivity index (χ0) is 23.7. The second-order valence-electron chi connectivity index (χ2n) is 9.90. The van der Waals surface area contributed by atoms with E-state index in [1.165, 1.54) is 40.7 Å². The molecule has 2 aromatic carbocycles. The molecular formula is C32H36N2. The number of hydrogen-bond donors (Lipinski definition) is 2. The highest BCUT2D eigenvalue weighted by atomic mass is 14.9. The first kappa shape index (κ1) is 22.7. The number of fused-ring (bicyclic) bond motifs is 2. The van der Waals surface area contributed by atoms with Crippen molar-refractivity contribution in [3.05, 3.63) is 113 Å². The molecule has 174 valence electrons. The summed E-state index contributed by atoms with van der Waals surface area (Å²) in [7, 11) is 0. The summed E-state index contributed by atoms with van der Waals surface area (Å²) in [5.74, 6) is 1.24. The molecule has 2 nitrogen and oxygen atoms in total. The lowest BCUT2D eigenvalue weighted by atomic mass is 9.63. The van der Waals surface area contributed by atoms with Crippen LogP contribution in [-0.4, -0.2) is 6.04 Å². The van der Waals surface area contributed by atoms with Gasteiger partial charge in [0.1, 0.15) is 0 Å². The maximum Gasteiger partial charge on any atom is 0.0464 e. The molecule has 0 spiro atoms. The third-order valence-electron chi connectivity index (χ3n) is 7.89. The first-order chi connectivity index (χ1) is 16.6. The van der Waals surface area contributed by atoms with E-state index in [1.54, 1.807) is 5.57 Å². The molecule has 3 atom stereocenters. The highest BCUT2D eigenvalue weighted by Gasteiger charge is 2.40. The molecule has 3 aliphatic rings. The van der Waals surface area contributed by atoms with Gasteiger partial charge < -0.3 is 11.1 Å². The normalized spacial score (nSPS) is 23.4. The number of hydrogen-bond acceptors (Lipinski definition) is 2. The maximum atomic E-state index is 7.00. The molecule has 0 radical (unpaired) electrons. The molecule has 5 rings (SSSR count). The molecule has 0 aliphatic heterocycles. The number of nitrogens with one attached hydrogen (secondary N) is 1. The van der Waals surface area contributed by atoms with Gasteiger partial charge in [-0.1, -0.05) is 91.8 Å². The summed E-state index contributed by atoms with van der Waals surface area (Å²) in [5.41, 5.74) is 17.4. The predicted octanol–water partition coefficient (Wildman–Crippen LogP) is 7.88.